The third-order valence-electron chi connectivity index (χ3n) is 5.46. The van der Waals surface area contributed by atoms with Crippen LogP contribution in [0.1, 0.15) is 44.4 Å². The number of carbonyl (C=O) groups excluding carboxylic acids is 1. The van der Waals surface area contributed by atoms with Gasteiger partial charge in [-0.05, 0) is 56.2 Å². The minimum absolute atomic E-state index is 0.120. The maximum absolute atomic E-state index is 14.4. The Balaban J connectivity index is 1.91. The first-order valence-corrected chi connectivity index (χ1v) is 12.4. The molecule has 1 aliphatic heterocycles. The van der Waals surface area contributed by atoms with Gasteiger partial charge in [-0.15, -0.1) is 0 Å². The van der Waals surface area contributed by atoms with Gasteiger partial charge in [0.2, 0.25) is 0 Å². The standard InChI is InChI=1S/C26H24ClFN2O4S/c1-4-13-34-17-11-9-16(10-12-17)23-22(25(32)33-5-2)15(3)29-26-30(23)24(31)21(35-26)14-18-19(27)7-6-8-20(18)28/h6-12,14,23H,4-5,13H2,1-3H3. The summed E-state index contributed by atoms with van der Waals surface area (Å²) in [5.74, 6) is -0.391. The number of fused-ring (bicyclic) bond motifs is 1. The topological polar surface area (TPSA) is 69.9 Å². The average molecular weight is 515 g/mol. The van der Waals surface area contributed by atoms with Gasteiger partial charge in [-0.3, -0.25) is 9.36 Å². The lowest BCUT2D eigenvalue weighted by Gasteiger charge is -2.24. The van der Waals surface area contributed by atoms with Crippen LogP contribution in [0.2, 0.25) is 5.02 Å². The Bertz CT molecular complexity index is 1450. The van der Waals surface area contributed by atoms with E-state index < -0.39 is 23.4 Å². The van der Waals surface area contributed by atoms with Crippen molar-refractivity contribution in [2.75, 3.05) is 13.2 Å². The summed E-state index contributed by atoms with van der Waals surface area (Å²) in [5.41, 5.74) is 1.14. The van der Waals surface area contributed by atoms with Crippen molar-refractivity contribution in [1.82, 2.24) is 4.57 Å². The zero-order valence-corrected chi connectivity index (χ0v) is 21.1. The summed E-state index contributed by atoms with van der Waals surface area (Å²) in [5, 5.41) is 0.193. The van der Waals surface area contributed by atoms with Crippen molar-refractivity contribution in [3.05, 3.63) is 95.4 Å². The molecule has 0 radical (unpaired) electrons. The number of rotatable bonds is 7. The van der Waals surface area contributed by atoms with E-state index >= 15 is 0 Å². The van der Waals surface area contributed by atoms with Crippen LogP contribution >= 0.6 is 22.9 Å². The number of hydrogen-bond acceptors (Lipinski definition) is 6. The summed E-state index contributed by atoms with van der Waals surface area (Å²) in [6.45, 7) is 6.22. The number of aromatic nitrogens is 1. The molecule has 1 aliphatic rings. The maximum atomic E-state index is 14.4. The van der Waals surface area contributed by atoms with Gasteiger partial charge in [0.15, 0.2) is 4.80 Å². The fraction of sp³-hybridized carbons (Fsp3) is 0.269. The molecule has 0 bridgehead atoms. The van der Waals surface area contributed by atoms with Crippen LogP contribution in [0.5, 0.6) is 5.75 Å². The third kappa shape index (κ3) is 4.94. The SMILES string of the molecule is CCCOc1ccc(C2C(C(=O)OCC)=C(C)N=c3sc(=Cc4c(F)cccc4Cl)c(=O)n32)cc1. The first-order valence-electron chi connectivity index (χ1n) is 11.2. The number of esters is 1. The molecule has 4 rings (SSSR count). The molecule has 3 aromatic rings. The Kier molecular flexibility index (Phi) is 7.52. The molecule has 0 saturated carbocycles. The van der Waals surface area contributed by atoms with E-state index in [2.05, 4.69) is 4.99 Å². The molecule has 9 heteroatoms. The molecule has 0 aliphatic carbocycles. The smallest absolute Gasteiger partial charge is 0.338 e. The van der Waals surface area contributed by atoms with E-state index in [1.807, 2.05) is 19.1 Å². The van der Waals surface area contributed by atoms with E-state index in [0.29, 0.717) is 28.4 Å². The third-order valence-corrected chi connectivity index (χ3v) is 6.77. The van der Waals surface area contributed by atoms with Gasteiger partial charge in [0.05, 0.1) is 40.1 Å². The minimum Gasteiger partial charge on any atom is -0.494 e. The molecule has 1 atom stereocenters. The van der Waals surface area contributed by atoms with Crippen LogP contribution in [0, 0.1) is 5.82 Å². The van der Waals surface area contributed by atoms with E-state index in [4.69, 9.17) is 21.1 Å². The number of thiazole rings is 1. The zero-order chi connectivity index (χ0) is 25.1. The van der Waals surface area contributed by atoms with Crippen molar-refractivity contribution in [3.63, 3.8) is 0 Å². The van der Waals surface area contributed by atoms with Crippen LogP contribution in [0.4, 0.5) is 4.39 Å². The van der Waals surface area contributed by atoms with Gasteiger partial charge < -0.3 is 9.47 Å². The van der Waals surface area contributed by atoms with Crippen molar-refractivity contribution in [2.45, 2.75) is 33.2 Å². The van der Waals surface area contributed by atoms with E-state index in [-0.39, 0.29) is 27.3 Å². The number of ether oxygens (including phenoxy) is 2. The highest BCUT2D eigenvalue weighted by Gasteiger charge is 2.33. The Morgan fingerprint density at radius 1 is 1.23 bits per heavy atom. The zero-order valence-electron chi connectivity index (χ0n) is 19.5. The lowest BCUT2D eigenvalue weighted by Crippen LogP contribution is -2.39. The van der Waals surface area contributed by atoms with E-state index in [1.165, 1.54) is 22.8 Å². The van der Waals surface area contributed by atoms with Gasteiger partial charge in [0, 0.05) is 5.56 Å². The van der Waals surface area contributed by atoms with Gasteiger partial charge in [-0.1, -0.05) is 48.1 Å². The Labute approximate surface area is 210 Å². The van der Waals surface area contributed by atoms with Crippen LogP contribution in [-0.4, -0.2) is 23.8 Å². The molecule has 2 heterocycles. The largest absolute Gasteiger partial charge is 0.494 e. The highest BCUT2D eigenvalue weighted by molar-refractivity contribution is 7.07. The summed E-state index contributed by atoms with van der Waals surface area (Å²) in [6.07, 6.45) is 2.30. The number of nitrogens with zero attached hydrogens (tertiary/aromatic N) is 2. The highest BCUT2D eigenvalue weighted by Crippen LogP contribution is 2.31. The van der Waals surface area contributed by atoms with Crippen LogP contribution in [-0.2, 0) is 9.53 Å². The molecule has 0 fully saturated rings. The summed E-state index contributed by atoms with van der Waals surface area (Å²) < 4.78 is 27.1. The van der Waals surface area contributed by atoms with E-state index in [0.717, 1.165) is 17.8 Å². The van der Waals surface area contributed by atoms with Crippen molar-refractivity contribution < 1.29 is 18.7 Å². The Hall–Kier alpha value is -3.23. The molecule has 0 amide bonds. The van der Waals surface area contributed by atoms with E-state index in [9.17, 15) is 14.0 Å². The van der Waals surface area contributed by atoms with Crippen molar-refractivity contribution >= 4 is 35.0 Å². The second-order valence-corrected chi connectivity index (χ2v) is 9.27. The fourth-order valence-corrected chi connectivity index (χ4v) is 5.10. The number of halogens is 2. The average Bonchev–Trinajstić information content (AvgIpc) is 3.14. The molecule has 6 nitrogen and oxygen atoms in total. The van der Waals surface area contributed by atoms with Gasteiger partial charge in [0.1, 0.15) is 11.6 Å². The molecule has 0 N–H and O–H groups in total. The molecule has 182 valence electrons. The molecular weight excluding hydrogens is 491 g/mol. The van der Waals surface area contributed by atoms with Gasteiger partial charge in [0.25, 0.3) is 5.56 Å². The predicted molar refractivity (Wildman–Crippen MR) is 134 cm³/mol. The lowest BCUT2D eigenvalue weighted by molar-refractivity contribution is -0.139. The fourth-order valence-electron chi connectivity index (χ4n) is 3.85. The molecule has 35 heavy (non-hydrogen) atoms. The molecule has 2 aromatic carbocycles. The molecular formula is C26H24ClFN2O4S. The van der Waals surface area contributed by atoms with Crippen LogP contribution in [0.15, 0.2) is 63.5 Å². The second kappa shape index (κ2) is 10.6. The molecule has 0 spiro atoms. The number of hydrogen-bond donors (Lipinski definition) is 0. The first-order chi connectivity index (χ1) is 16.8. The second-order valence-electron chi connectivity index (χ2n) is 7.86. The number of allylic oxidation sites excluding steroid dienone is 1. The normalized spacial score (nSPS) is 15.6. The van der Waals surface area contributed by atoms with Crippen molar-refractivity contribution in [1.29, 1.82) is 0 Å². The summed E-state index contributed by atoms with van der Waals surface area (Å²) >= 11 is 7.29. The highest BCUT2D eigenvalue weighted by atomic mass is 35.5. The van der Waals surface area contributed by atoms with Gasteiger partial charge >= 0.3 is 5.97 Å². The molecule has 0 saturated heterocycles. The van der Waals surface area contributed by atoms with Crippen LogP contribution in [0.25, 0.3) is 6.08 Å². The number of benzene rings is 2. The summed E-state index contributed by atoms with van der Waals surface area (Å²) in [6, 6.07) is 10.8. The van der Waals surface area contributed by atoms with E-state index in [1.54, 1.807) is 32.0 Å². The van der Waals surface area contributed by atoms with Crippen LogP contribution in [0.3, 0.4) is 0 Å². The van der Waals surface area contributed by atoms with Crippen molar-refractivity contribution in [3.8, 4) is 5.75 Å². The predicted octanol–water partition coefficient (Wildman–Crippen LogP) is 4.38. The first kappa shape index (κ1) is 24.9. The minimum atomic E-state index is -0.760. The van der Waals surface area contributed by atoms with Crippen LogP contribution < -0.4 is 19.6 Å². The number of carbonyl (C=O) groups is 1. The molecule has 1 unspecified atom stereocenters. The quantitative estimate of drug-likeness (QED) is 0.439. The molecule has 1 aromatic heterocycles. The van der Waals surface area contributed by atoms with Gasteiger partial charge in [-0.2, -0.15) is 0 Å². The van der Waals surface area contributed by atoms with Crippen molar-refractivity contribution in [2.24, 2.45) is 4.99 Å². The summed E-state index contributed by atoms with van der Waals surface area (Å²) in [4.78, 5) is 31.5. The Morgan fingerprint density at radius 3 is 2.63 bits per heavy atom. The summed E-state index contributed by atoms with van der Waals surface area (Å²) in [7, 11) is 0. The monoisotopic (exact) mass is 514 g/mol. The van der Waals surface area contributed by atoms with Gasteiger partial charge in [-0.25, -0.2) is 14.2 Å². The maximum Gasteiger partial charge on any atom is 0.338 e. The lowest BCUT2D eigenvalue weighted by atomic mass is 9.96. The Morgan fingerprint density at radius 2 is 1.97 bits per heavy atom.